The Morgan fingerprint density at radius 1 is 0.900 bits per heavy atom. The maximum atomic E-state index is 13.5. The van der Waals surface area contributed by atoms with Crippen molar-refractivity contribution in [2.24, 2.45) is 0 Å². The van der Waals surface area contributed by atoms with Crippen molar-refractivity contribution < 1.29 is 24.2 Å². The average molecular weight is 552 g/mol. The molecule has 3 amide bonds. The molecule has 2 aromatic rings. The van der Waals surface area contributed by atoms with E-state index in [1.165, 1.54) is 4.90 Å². The summed E-state index contributed by atoms with van der Waals surface area (Å²) in [4.78, 5) is 52.7. The minimum absolute atomic E-state index is 0.0537. The van der Waals surface area contributed by atoms with Gasteiger partial charge in [-0.2, -0.15) is 0 Å². The summed E-state index contributed by atoms with van der Waals surface area (Å²) in [6, 6.07) is 7.23. The van der Waals surface area contributed by atoms with Crippen molar-refractivity contribution in [3.63, 3.8) is 0 Å². The van der Waals surface area contributed by atoms with E-state index < -0.39 is 11.2 Å². The third kappa shape index (κ3) is 7.56. The lowest BCUT2D eigenvalue weighted by Crippen LogP contribution is -2.50. The van der Waals surface area contributed by atoms with Crippen molar-refractivity contribution >= 4 is 17.9 Å². The number of hydrogen-bond donors (Lipinski definition) is 1. The van der Waals surface area contributed by atoms with E-state index >= 15 is 0 Å². The highest BCUT2D eigenvalue weighted by atomic mass is 16.6. The lowest BCUT2D eigenvalue weighted by molar-refractivity contribution is 0.0142. The van der Waals surface area contributed by atoms with Crippen LogP contribution in [-0.2, 0) is 4.74 Å². The first-order valence-electron chi connectivity index (χ1n) is 13.9. The monoisotopic (exact) mass is 551 g/mol. The van der Waals surface area contributed by atoms with Gasteiger partial charge in [0.25, 0.3) is 11.8 Å². The standard InChI is InChI=1S/C30H41N5O5/c1-29(2,3)40-28(38)34-15-13-24(14-16-34)35(23-11-12-23)27(37)22-17-31-25(32-18-22)20-7-9-21(10-8-20)26(36)33(6)19-30(4,5)39/h7-10,17-18,23-24,39H,11-16,19H2,1-6H3. The summed E-state index contributed by atoms with van der Waals surface area (Å²) in [5.41, 5.74) is 0.146. The van der Waals surface area contributed by atoms with Gasteiger partial charge >= 0.3 is 6.09 Å². The Hall–Kier alpha value is -3.53. The Kier molecular flexibility index (Phi) is 8.49. The fourth-order valence-electron chi connectivity index (χ4n) is 5.01. The van der Waals surface area contributed by atoms with Gasteiger partial charge in [-0.3, -0.25) is 9.59 Å². The Labute approximate surface area is 236 Å². The van der Waals surface area contributed by atoms with Crippen LogP contribution in [-0.4, -0.2) is 97.6 Å². The fraction of sp³-hybridized carbons (Fsp3) is 0.567. The van der Waals surface area contributed by atoms with Crippen molar-refractivity contribution in [1.82, 2.24) is 24.7 Å². The molecule has 1 N–H and O–H groups in total. The summed E-state index contributed by atoms with van der Waals surface area (Å²) in [7, 11) is 1.66. The molecule has 216 valence electrons. The predicted molar refractivity (Wildman–Crippen MR) is 151 cm³/mol. The first-order valence-corrected chi connectivity index (χ1v) is 13.9. The summed E-state index contributed by atoms with van der Waals surface area (Å²) < 4.78 is 5.50. The van der Waals surface area contributed by atoms with E-state index in [0.29, 0.717) is 42.9 Å². The molecule has 1 aliphatic heterocycles. The van der Waals surface area contributed by atoms with Crippen molar-refractivity contribution in [3.05, 3.63) is 47.8 Å². The third-order valence-electron chi connectivity index (χ3n) is 6.94. The minimum atomic E-state index is -0.982. The number of aliphatic hydroxyl groups is 1. The number of amides is 3. The SMILES string of the molecule is CN(CC(C)(C)O)C(=O)c1ccc(-c2ncc(C(=O)N(C3CC3)C3CCN(C(=O)OC(C)(C)C)CC3)cn2)cc1. The van der Waals surface area contributed by atoms with Crippen LogP contribution in [0.3, 0.4) is 0 Å². The van der Waals surface area contributed by atoms with Gasteiger partial charge in [0.15, 0.2) is 5.82 Å². The van der Waals surface area contributed by atoms with E-state index in [-0.39, 0.29) is 36.5 Å². The number of piperidine rings is 1. The molecule has 2 fully saturated rings. The number of likely N-dealkylation sites (N-methyl/N-ethyl adjacent to an activating group) is 1. The number of likely N-dealkylation sites (tertiary alicyclic amines) is 1. The van der Waals surface area contributed by atoms with Gasteiger partial charge in [-0.1, -0.05) is 12.1 Å². The Balaban J connectivity index is 1.39. The van der Waals surface area contributed by atoms with Crippen molar-refractivity contribution in [2.75, 3.05) is 26.7 Å². The topological polar surface area (TPSA) is 116 Å². The van der Waals surface area contributed by atoms with Crippen LogP contribution in [0.15, 0.2) is 36.7 Å². The molecule has 10 nitrogen and oxygen atoms in total. The van der Waals surface area contributed by atoms with E-state index in [1.807, 2.05) is 25.7 Å². The molecule has 4 rings (SSSR count). The smallest absolute Gasteiger partial charge is 0.410 e. The minimum Gasteiger partial charge on any atom is -0.444 e. The molecule has 1 aromatic heterocycles. The molecule has 1 aromatic carbocycles. The molecule has 1 aliphatic carbocycles. The van der Waals surface area contributed by atoms with Gasteiger partial charge in [0.05, 0.1) is 11.2 Å². The zero-order valence-corrected chi connectivity index (χ0v) is 24.4. The van der Waals surface area contributed by atoms with Crippen molar-refractivity contribution in [3.8, 4) is 11.4 Å². The normalized spacial score (nSPS) is 16.4. The van der Waals surface area contributed by atoms with Crippen LogP contribution in [0.5, 0.6) is 0 Å². The summed E-state index contributed by atoms with van der Waals surface area (Å²) in [6.45, 7) is 10.2. The van der Waals surface area contributed by atoms with Crippen LogP contribution in [0, 0.1) is 0 Å². The lowest BCUT2D eigenvalue weighted by atomic mass is 10.0. The number of hydrogen-bond acceptors (Lipinski definition) is 7. The largest absolute Gasteiger partial charge is 0.444 e. The van der Waals surface area contributed by atoms with Gasteiger partial charge in [0.1, 0.15) is 5.60 Å². The second kappa shape index (κ2) is 11.5. The second-order valence-corrected chi connectivity index (χ2v) is 12.5. The molecule has 2 aliphatic rings. The van der Waals surface area contributed by atoms with Crippen LogP contribution >= 0.6 is 0 Å². The summed E-state index contributed by atoms with van der Waals surface area (Å²) in [5.74, 6) is 0.192. The van der Waals surface area contributed by atoms with Crippen LogP contribution in [0.4, 0.5) is 4.79 Å². The molecule has 0 atom stereocenters. The Morgan fingerprint density at radius 2 is 1.45 bits per heavy atom. The Morgan fingerprint density at radius 3 is 1.95 bits per heavy atom. The van der Waals surface area contributed by atoms with E-state index in [4.69, 9.17) is 4.74 Å². The first-order chi connectivity index (χ1) is 18.7. The van der Waals surface area contributed by atoms with Gasteiger partial charge in [-0.15, -0.1) is 0 Å². The van der Waals surface area contributed by atoms with Crippen molar-refractivity contribution in [1.29, 1.82) is 0 Å². The summed E-state index contributed by atoms with van der Waals surface area (Å²) in [5, 5.41) is 9.99. The second-order valence-electron chi connectivity index (χ2n) is 12.5. The van der Waals surface area contributed by atoms with Crippen molar-refractivity contribution in [2.45, 2.75) is 83.6 Å². The summed E-state index contributed by atoms with van der Waals surface area (Å²) >= 11 is 0. The molecule has 0 radical (unpaired) electrons. The quantitative estimate of drug-likeness (QED) is 0.553. The molecule has 40 heavy (non-hydrogen) atoms. The maximum Gasteiger partial charge on any atom is 0.410 e. The highest BCUT2D eigenvalue weighted by molar-refractivity contribution is 5.95. The highest BCUT2D eigenvalue weighted by Crippen LogP contribution is 2.33. The van der Waals surface area contributed by atoms with Gasteiger partial charge in [0.2, 0.25) is 0 Å². The highest BCUT2D eigenvalue weighted by Gasteiger charge is 2.40. The molecular formula is C30H41N5O5. The molecule has 0 bridgehead atoms. The lowest BCUT2D eigenvalue weighted by Gasteiger charge is -2.39. The molecule has 1 saturated carbocycles. The van der Waals surface area contributed by atoms with Crippen LogP contribution in [0.1, 0.15) is 81.0 Å². The van der Waals surface area contributed by atoms with Gasteiger partial charge in [0, 0.05) is 62.3 Å². The number of rotatable bonds is 7. The number of ether oxygens (including phenoxy) is 1. The summed E-state index contributed by atoms with van der Waals surface area (Å²) in [6.07, 6.45) is 6.18. The van der Waals surface area contributed by atoms with Gasteiger partial charge in [-0.05, 0) is 72.4 Å². The van der Waals surface area contributed by atoms with E-state index in [9.17, 15) is 19.5 Å². The van der Waals surface area contributed by atoms with E-state index in [1.54, 1.807) is 62.5 Å². The van der Waals surface area contributed by atoms with E-state index in [0.717, 1.165) is 18.4 Å². The van der Waals surface area contributed by atoms with Crippen LogP contribution < -0.4 is 0 Å². The molecular weight excluding hydrogens is 510 g/mol. The van der Waals surface area contributed by atoms with Gasteiger partial charge in [-0.25, -0.2) is 14.8 Å². The molecule has 0 unspecified atom stereocenters. The third-order valence-corrected chi connectivity index (χ3v) is 6.94. The zero-order valence-electron chi connectivity index (χ0n) is 24.4. The average Bonchev–Trinajstić information content (AvgIpc) is 3.72. The van der Waals surface area contributed by atoms with E-state index in [2.05, 4.69) is 9.97 Å². The van der Waals surface area contributed by atoms with Gasteiger partial charge < -0.3 is 24.5 Å². The first kappa shape index (κ1) is 29.5. The zero-order chi connectivity index (χ0) is 29.2. The Bertz CT molecular complexity index is 1210. The van der Waals surface area contributed by atoms with Crippen LogP contribution in [0.2, 0.25) is 0 Å². The fourth-order valence-corrected chi connectivity index (χ4v) is 5.01. The predicted octanol–water partition coefficient (Wildman–Crippen LogP) is 3.99. The molecule has 1 saturated heterocycles. The molecule has 2 heterocycles. The molecule has 10 heteroatoms. The number of nitrogens with zero attached hydrogens (tertiary/aromatic N) is 5. The number of carbonyl (C=O) groups excluding carboxylic acids is 3. The molecule has 0 spiro atoms. The van der Waals surface area contributed by atoms with Crippen LogP contribution in [0.25, 0.3) is 11.4 Å². The number of aromatic nitrogens is 2. The number of benzene rings is 1. The maximum absolute atomic E-state index is 13.5. The number of carbonyl (C=O) groups is 3.